The highest BCUT2D eigenvalue weighted by molar-refractivity contribution is 4.86. The topological polar surface area (TPSA) is 3.24 Å². The van der Waals surface area contributed by atoms with Crippen molar-refractivity contribution in [3.63, 3.8) is 0 Å². The molecule has 1 saturated carbocycles. The van der Waals surface area contributed by atoms with Crippen LogP contribution in [0.3, 0.4) is 0 Å². The maximum Gasteiger partial charge on any atom is 0.00921 e. The first-order chi connectivity index (χ1) is 5.43. The molecule has 72 valence electrons. The minimum atomic E-state index is 0.576. The third-order valence-electron chi connectivity index (χ3n) is 3.81. The van der Waals surface area contributed by atoms with Gasteiger partial charge in [-0.15, -0.1) is 0 Å². The van der Waals surface area contributed by atoms with Crippen LogP contribution in [-0.4, -0.2) is 25.0 Å². The number of hydrogen-bond acceptors (Lipinski definition) is 1. The summed E-state index contributed by atoms with van der Waals surface area (Å²) in [7, 11) is 4.41. The van der Waals surface area contributed by atoms with E-state index in [0.717, 1.165) is 12.0 Å². The van der Waals surface area contributed by atoms with Gasteiger partial charge in [0, 0.05) is 6.04 Å². The molecule has 1 aliphatic rings. The first-order valence-electron chi connectivity index (χ1n) is 5.10. The lowest BCUT2D eigenvalue weighted by atomic mass is 9.68. The molecule has 0 saturated heterocycles. The van der Waals surface area contributed by atoms with E-state index in [1.165, 1.54) is 19.3 Å². The molecule has 0 amide bonds. The summed E-state index contributed by atoms with van der Waals surface area (Å²) in [5, 5.41) is 0. The van der Waals surface area contributed by atoms with Crippen LogP contribution in [0.25, 0.3) is 0 Å². The van der Waals surface area contributed by atoms with Gasteiger partial charge in [-0.05, 0) is 44.7 Å². The van der Waals surface area contributed by atoms with Crippen molar-refractivity contribution < 1.29 is 0 Å². The fourth-order valence-corrected chi connectivity index (χ4v) is 2.10. The van der Waals surface area contributed by atoms with Crippen LogP contribution in [0.15, 0.2) is 0 Å². The standard InChI is InChI=1S/C11H23N/c1-9-8-10(12(4)5)6-7-11(9,2)3/h9-10H,6-8H2,1-5H3. The van der Waals surface area contributed by atoms with Crippen LogP contribution >= 0.6 is 0 Å². The van der Waals surface area contributed by atoms with Crippen molar-refractivity contribution in [3.05, 3.63) is 0 Å². The third kappa shape index (κ3) is 2.01. The Labute approximate surface area is 77.1 Å². The van der Waals surface area contributed by atoms with Gasteiger partial charge in [-0.3, -0.25) is 0 Å². The maximum absolute atomic E-state index is 2.41. The average Bonchev–Trinajstić information content (AvgIpc) is 1.94. The molecule has 0 aromatic carbocycles. The second-order valence-corrected chi connectivity index (χ2v) is 5.28. The van der Waals surface area contributed by atoms with Gasteiger partial charge in [0.15, 0.2) is 0 Å². The van der Waals surface area contributed by atoms with Gasteiger partial charge in [0.2, 0.25) is 0 Å². The van der Waals surface area contributed by atoms with Gasteiger partial charge >= 0.3 is 0 Å². The second-order valence-electron chi connectivity index (χ2n) is 5.28. The van der Waals surface area contributed by atoms with Gasteiger partial charge in [-0.2, -0.15) is 0 Å². The molecular weight excluding hydrogens is 146 g/mol. The molecule has 0 radical (unpaired) electrons. The van der Waals surface area contributed by atoms with E-state index in [-0.39, 0.29) is 0 Å². The van der Waals surface area contributed by atoms with Gasteiger partial charge in [0.05, 0.1) is 0 Å². The molecular formula is C11H23N. The summed E-state index contributed by atoms with van der Waals surface area (Å²) in [6, 6.07) is 0.827. The molecule has 2 unspecified atom stereocenters. The van der Waals surface area contributed by atoms with Crippen LogP contribution in [0, 0.1) is 11.3 Å². The summed E-state index contributed by atoms with van der Waals surface area (Å²) in [6.45, 7) is 7.21. The Balaban J connectivity index is 2.52. The Morgan fingerprint density at radius 1 is 1.25 bits per heavy atom. The van der Waals surface area contributed by atoms with Crippen LogP contribution in [0.5, 0.6) is 0 Å². The predicted octanol–water partition coefficient (Wildman–Crippen LogP) is 2.76. The van der Waals surface area contributed by atoms with Crippen molar-refractivity contribution in [1.29, 1.82) is 0 Å². The molecule has 1 nitrogen and oxygen atoms in total. The summed E-state index contributed by atoms with van der Waals surface area (Å²) in [6.07, 6.45) is 4.14. The summed E-state index contributed by atoms with van der Waals surface area (Å²) in [5.74, 6) is 0.874. The van der Waals surface area contributed by atoms with Crippen LogP contribution in [0.2, 0.25) is 0 Å². The second kappa shape index (κ2) is 3.37. The van der Waals surface area contributed by atoms with E-state index < -0.39 is 0 Å². The molecule has 1 fully saturated rings. The average molecular weight is 169 g/mol. The Morgan fingerprint density at radius 3 is 2.25 bits per heavy atom. The summed E-state index contributed by atoms with van der Waals surface area (Å²) in [4.78, 5) is 2.38. The maximum atomic E-state index is 2.41. The van der Waals surface area contributed by atoms with Crippen molar-refractivity contribution in [2.45, 2.75) is 46.1 Å². The summed E-state index contributed by atoms with van der Waals surface area (Å²) < 4.78 is 0. The Kier molecular flexibility index (Phi) is 2.82. The number of rotatable bonds is 1. The fraction of sp³-hybridized carbons (Fsp3) is 1.00. The molecule has 0 aliphatic heterocycles. The molecule has 0 aromatic heterocycles. The number of hydrogen-bond donors (Lipinski definition) is 0. The zero-order valence-electron chi connectivity index (χ0n) is 9.22. The number of nitrogens with zero attached hydrogens (tertiary/aromatic N) is 1. The van der Waals surface area contributed by atoms with E-state index in [1.807, 2.05) is 0 Å². The summed E-state index contributed by atoms with van der Waals surface area (Å²) >= 11 is 0. The lowest BCUT2D eigenvalue weighted by Gasteiger charge is -2.42. The smallest absolute Gasteiger partial charge is 0.00921 e. The van der Waals surface area contributed by atoms with E-state index in [9.17, 15) is 0 Å². The van der Waals surface area contributed by atoms with Crippen molar-refractivity contribution in [3.8, 4) is 0 Å². The van der Waals surface area contributed by atoms with E-state index in [2.05, 4.69) is 39.8 Å². The fourth-order valence-electron chi connectivity index (χ4n) is 2.10. The molecule has 0 N–H and O–H groups in total. The van der Waals surface area contributed by atoms with Gasteiger partial charge in [0.25, 0.3) is 0 Å². The van der Waals surface area contributed by atoms with Crippen LogP contribution < -0.4 is 0 Å². The molecule has 2 atom stereocenters. The monoisotopic (exact) mass is 169 g/mol. The van der Waals surface area contributed by atoms with Gasteiger partial charge in [-0.25, -0.2) is 0 Å². The van der Waals surface area contributed by atoms with Crippen molar-refractivity contribution in [2.75, 3.05) is 14.1 Å². The van der Waals surface area contributed by atoms with Crippen LogP contribution in [0.4, 0.5) is 0 Å². The van der Waals surface area contributed by atoms with Crippen molar-refractivity contribution in [2.24, 2.45) is 11.3 Å². The van der Waals surface area contributed by atoms with Gasteiger partial charge < -0.3 is 4.90 Å². The molecule has 1 aliphatic carbocycles. The minimum Gasteiger partial charge on any atom is -0.306 e. The van der Waals surface area contributed by atoms with Crippen LogP contribution in [-0.2, 0) is 0 Å². The first kappa shape index (κ1) is 10.0. The Hall–Kier alpha value is -0.0400. The minimum absolute atomic E-state index is 0.576. The van der Waals surface area contributed by atoms with Gasteiger partial charge in [0.1, 0.15) is 0 Å². The zero-order chi connectivity index (χ0) is 9.35. The normalized spacial score (nSPS) is 35.5. The molecule has 0 aromatic rings. The molecule has 12 heavy (non-hydrogen) atoms. The zero-order valence-corrected chi connectivity index (χ0v) is 9.22. The largest absolute Gasteiger partial charge is 0.306 e. The molecule has 1 rings (SSSR count). The van der Waals surface area contributed by atoms with Gasteiger partial charge in [-0.1, -0.05) is 20.8 Å². The highest BCUT2D eigenvalue weighted by Crippen LogP contribution is 2.41. The van der Waals surface area contributed by atoms with Crippen molar-refractivity contribution in [1.82, 2.24) is 4.90 Å². The highest BCUT2D eigenvalue weighted by Gasteiger charge is 2.33. The van der Waals surface area contributed by atoms with Crippen molar-refractivity contribution >= 4 is 0 Å². The SMILES string of the molecule is CC1CC(N(C)C)CCC1(C)C. The lowest BCUT2D eigenvalue weighted by Crippen LogP contribution is -2.39. The Bertz CT molecular complexity index is 149. The molecule has 0 spiro atoms. The third-order valence-corrected chi connectivity index (χ3v) is 3.81. The Morgan fingerprint density at radius 2 is 1.83 bits per heavy atom. The van der Waals surface area contributed by atoms with E-state index in [1.54, 1.807) is 0 Å². The highest BCUT2D eigenvalue weighted by atomic mass is 15.1. The van der Waals surface area contributed by atoms with E-state index in [0.29, 0.717) is 5.41 Å². The van der Waals surface area contributed by atoms with E-state index >= 15 is 0 Å². The molecule has 1 heteroatoms. The lowest BCUT2D eigenvalue weighted by molar-refractivity contribution is 0.0861. The van der Waals surface area contributed by atoms with Crippen LogP contribution in [0.1, 0.15) is 40.0 Å². The predicted molar refractivity (Wildman–Crippen MR) is 54.3 cm³/mol. The molecule has 0 bridgehead atoms. The van der Waals surface area contributed by atoms with E-state index in [4.69, 9.17) is 0 Å². The first-order valence-corrected chi connectivity index (χ1v) is 5.10. The quantitative estimate of drug-likeness (QED) is 0.583. The molecule has 0 heterocycles. The summed E-state index contributed by atoms with van der Waals surface area (Å²) in [5.41, 5.74) is 0.576.